The second kappa shape index (κ2) is 7.21. The third-order valence-electron chi connectivity index (χ3n) is 5.13. The molecule has 138 valence electrons. The van der Waals surface area contributed by atoms with Gasteiger partial charge in [0.05, 0.1) is 11.4 Å². The minimum Gasteiger partial charge on any atom is -0.337 e. The molecule has 0 spiro atoms. The molecule has 0 radical (unpaired) electrons. The molecule has 3 heteroatoms. The minimum atomic E-state index is 0.651. The quantitative estimate of drug-likeness (QED) is 0.371. The van der Waals surface area contributed by atoms with Gasteiger partial charge in [0.25, 0.3) is 0 Å². The number of aldehydes is 1. The summed E-state index contributed by atoms with van der Waals surface area (Å²) in [5, 5.41) is 2.37. The highest BCUT2D eigenvalue weighted by atomic mass is 16.1. The smallest absolute Gasteiger partial charge is 0.150 e. The van der Waals surface area contributed by atoms with Crippen LogP contribution in [-0.4, -0.2) is 16.3 Å². The third kappa shape index (κ3) is 3.13. The summed E-state index contributed by atoms with van der Waals surface area (Å²) < 4.78 is 0. The van der Waals surface area contributed by atoms with Crippen LogP contribution >= 0.6 is 0 Å². The molecule has 0 atom stereocenters. The number of fused-ring (bicyclic) bond motifs is 1. The second-order valence-electron chi connectivity index (χ2n) is 6.94. The molecule has 0 bridgehead atoms. The normalized spacial score (nSPS) is 10.9. The largest absolute Gasteiger partial charge is 0.337 e. The van der Waals surface area contributed by atoms with E-state index in [0.717, 1.165) is 40.2 Å². The number of nitrogens with one attached hydrogen (secondary N) is 1. The lowest BCUT2D eigenvalue weighted by atomic mass is 9.99. The first-order chi connectivity index (χ1) is 14.3. The summed E-state index contributed by atoms with van der Waals surface area (Å²) in [5.41, 5.74) is 5.67. The van der Waals surface area contributed by atoms with E-state index in [1.807, 2.05) is 42.5 Å². The van der Waals surface area contributed by atoms with Crippen molar-refractivity contribution in [1.29, 1.82) is 0 Å². The summed E-state index contributed by atoms with van der Waals surface area (Å²) in [6, 6.07) is 32.4. The molecule has 0 aliphatic heterocycles. The molecule has 0 unspecified atom stereocenters. The van der Waals surface area contributed by atoms with Gasteiger partial charge in [-0.15, -0.1) is 0 Å². The van der Waals surface area contributed by atoms with Crippen molar-refractivity contribution in [3.05, 3.63) is 103 Å². The summed E-state index contributed by atoms with van der Waals surface area (Å²) in [5.74, 6) is 0.782. The fourth-order valence-corrected chi connectivity index (χ4v) is 3.67. The zero-order valence-electron chi connectivity index (χ0n) is 15.7. The third-order valence-corrected chi connectivity index (χ3v) is 5.13. The number of hydrogen-bond acceptors (Lipinski definition) is 2. The molecule has 1 aromatic heterocycles. The summed E-state index contributed by atoms with van der Waals surface area (Å²) in [6.07, 6.45) is 0.850. The number of hydrogen-bond donors (Lipinski definition) is 1. The van der Waals surface area contributed by atoms with Gasteiger partial charge >= 0.3 is 0 Å². The van der Waals surface area contributed by atoms with E-state index in [1.165, 1.54) is 10.8 Å². The Morgan fingerprint density at radius 2 is 1.41 bits per heavy atom. The average molecular weight is 374 g/mol. The predicted molar refractivity (Wildman–Crippen MR) is 118 cm³/mol. The zero-order valence-corrected chi connectivity index (χ0v) is 15.7. The van der Waals surface area contributed by atoms with Crippen LogP contribution in [0, 0.1) is 0 Å². The Morgan fingerprint density at radius 1 is 0.690 bits per heavy atom. The van der Waals surface area contributed by atoms with E-state index in [4.69, 9.17) is 4.98 Å². The number of aromatic amines is 1. The van der Waals surface area contributed by atoms with Crippen molar-refractivity contribution in [2.24, 2.45) is 0 Å². The first-order valence-corrected chi connectivity index (χ1v) is 9.53. The predicted octanol–water partition coefficient (Wildman–Crippen LogP) is 6.38. The van der Waals surface area contributed by atoms with Crippen LogP contribution < -0.4 is 0 Å². The van der Waals surface area contributed by atoms with Crippen molar-refractivity contribution in [3.63, 3.8) is 0 Å². The fraction of sp³-hybridized carbons (Fsp3) is 0. The van der Waals surface area contributed by atoms with Gasteiger partial charge in [-0.25, -0.2) is 4.98 Å². The van der Waals surface area contributed by atoms with Gasteiger partial charge in [0.1, 0.15) is 12.1 Å². The number of aromatic nitrogens is 2. The monoisotopic (exact) mass is 374 g/mol. The molecule has 0 saturated heterocycles. The van der Waals surface area contributed by atoms with Gasteiger partial charge < -0.3 is 4.98 Å². The van der Waals surface area contributed by atoms with Crippen molar-refractivity contribution in [2.75, 3.05) is 0 Å². The van der Waals surface area contributed by atoms with Crippen molar-refractivity contribution in [1.82, 2.24) is 9.97 Å². The maximum atomic E-state index is 11.0. The molecule has 5 rings (SSSR count). The van der Waals surface area contributed by atoms with Gasteiger partial charge in [0.15, 0.2) is 0 Å². The molecule has 0 saturated carbocycles. The molecule has 0 aliphatic rings. The number of H-pyrrole nitrogens is 1. The van der Waals surface area contributed by atoms with Gasteiger partial charge in [0, 0.05) is 22.3 Å². The van der Waals surface area contributed by atoms with Crippen molar-refractivity contribution in [2.45, 2.75) is 0 Å². The lowest BCUT2D eigenvalue weighted by Gasteiger charge is -2.07. The molecule has 4 aromatic carbocycles. The molecule has 0 fully saturated rings. The van der Waals surface area contributed by atoms with Crippen LogP contribution in [0.2, 0.25) is 0 Å². The molecular formula is C26H18N2O. The van der Waals surface area contributed by atoms with Crippen LogP contribution in [0.15, 0.2) is 97.1 Å². The van der Waals surface area contributed by atoms with E-state index in [-0.39, 0.29) is 0 Å². The SMILES string of the molecule is O=Cc1ccc(-c2nc(-c3ccccc3)c(-c3cccc4ccccc34)[nH]2)cc1. The molecule has 3 nitrogen and oxygen atoms in total. The van der Waals surface area contributed by atoms with E-state index in [9.17, 15) is 4.79 Å². The van der Waals surface area contributed by atoms with Crippen LogP contribution in [-0.2, 0) is 0 Å². The van der Waals surface area contributed by atoms with Crippen molar-refractivity contribution < 1.29 is 4.79 Å². The maximum Gasteiger partial charge on any atom is 0.150 e. The summed E-state index contributed by atoms with van der Waals surface area (Å²) in [7, 11) is 0. The van der Waals surface area contributed by atoms with Gasteiger partial charge in [-0.1, -0.05) is 97.1 Å². The number of imidazole rings is 1. The molecule has 5 aromatic rings. The average Bonchev–Trinajstić information content (AvgIpc) is 3.24. The maximum absolute atomic E-state index is 11.0. The van der Waals surface area contributed by atoms with Gasteiger partial charge in [-0.05, 0) is 10.8 Å². The van der Waals surface area contributed by atoms with Crippen LogP contribution in [0.4, 0.5) is 0 Å². The summed E-state index contributed by atoms with van der Waals surface area (Å²) in [4.78, 5) is 19.5. The van der Waals surface area contributed by atoms with Gasteiger partial charge in [0.2, 0.25) is 0 Å². The Hall–Kier alpha value is -3.98. The Bertz CT molecular complexity index is 1300. The van der Waals surface area contributed by atoms with Crippen LogP contribution in [0.25, 0.3) is 44.7 Å². The van der Waals surface area contributed by atoms with E-state index in [0.29, 0.717) is 5.56 Å². The lowest BCUT2D eigenvalue weighted by Crippen LogP contribution is -1.85. The van der Waals surface area contributed by atoms with Gasteiger partial charge in [-0.3, -0.25) is 4.79 Å². The zero-order chi connectivity index (χ0) is 19.6. The number of carbonyl (C=O) groups is 1. The summed E-state index contributed by atoms with van der Waals surface area (Å²) >= 11 is 0. The van der Waals surface area contributed by atoms with E-state index < -0.39 is 0 Å². The van der Waals surface area contributed by atoms with Crippen molar-refractivity contribution >= 4 is 17.1 Å². The Balaban J connectivity index is 1.75. The van der Waals surface area contributed by atoms with Crippen molar-refractivity contribution in [3.8, 4) is 33.9 Å². The van der Waals surface area contributed by atoms with Crippen LogP contribution in [0.5, 0.6) is 0 Å². The molecule has 1 N–H and O–H groups in total. The lowest BCUT2D eigenvalue weighted by molar-refractivity contribution is 0.112. The first-order valence-electron chi connectivity index (χ1n) is 9.53. The highest BCUT2D eigenvalue weighted by molar-refractivity contribution is 5.99. The Labute approximate surface area is 168 Å². The number of rotatable bonds is 4. The van der Waals surface area contributed by atoms with Crippen LogP contribution in [0.1, 0.15) is 10.4 Å². The van der Waals surface area contributed by atoms with Crippen LogP contribution in [0.3, 0.4) is 0 Å². The highest BCUT2D eigenvalue weighted by Gasteiger charge is 2.16. The number of carbonyl (C=O) groups excluding carboxylic acids is 1. The standard InChI is InChI=1S/C26H18N2O/c29-17-18-13-15-21(16-14-18)26-27-24(20-8-2-1-3-9-20)25(28-26)23-12-6-10-19-7-4-5-11-22(19)23/h1-17H,(H,27,28). The molecule has 1 heterocycles. The number of benzene rings is 4. The molecule has 0 aliphatic carbocycles. The van der Waals surface area contributed by atoms with E-state index in [2.05, 4.69) is 59.6 Å². The summed E-state index contributed by atoms with van der Waals surface area (Å²) in [6.45, 7) is 0. The topological polar surface area (TPSA) is 45.8 Å². The Kier molecular flexibility index (Phi) is 4.26. The molecule has 29 heavy (non-hydrogen) atoms. The Morgan fingerprint density at radius 3 is 2.21 bits per heavy atom. The minimum absolute atomic E-state index is 0.651. The van der Waals surface area contributed by atoms with E-state index >= 15 is 0 Å². The fourth-order valence-electron chi connectivity index (χ4n) is 3.67. The molecular weight excluding hydrogens is 356 g/mol. The van der Waals surface area contributed by atoms with Gasteiger partial charge in [-0.2, -0.15) is 0 Å². The molecule has 0 amide bonds. The highest BCUT2D eigenvalue weighted by Crippen LogP contribution is 2.36. The number of nitrogens with zero attached hydrogens (tertiary/aromatic N) is 1. The first kappa shape index (κ1) is 17.1. The second-order valence-corrected chi connectivity index (χ2v) is 6.94. The van der Waals surface area contributed by atoms with E-state index in [1.54, 1.807) is 0 Å².